The quantitative estimate of drug-likeness (QED) is 0.534. The SMILES string of the molecule is CC[C@@H](C)NC(=O)[C@H](CC)N(Cc1ccc(C)cc1)C(=O)COc1ccc(Br)cc1. The largest absolute Gasteiger partial charge is 0.484 e. The maximum Gasteiger partial charge on any atom is 0.261 e. The summed E-state index contributed by atoms with van der Waals surface area (Å²) in [5.41, 5.74) is 2.13. The van der Waals surface area contributed by atoms with Crippen molar-refractivity contribution in [3.63, 3.8) is 0 Å². The Morgan fingerprint density at radius 2 is 1.67 bits per heavy atom. The van der Waals surface area contributed by atoms with Crippen LogP contribution < -0.4 is 10.1 Å². The van der Waals surface area contributed by atoms with Crippen molar-refractivity contribution in [2.75, 3.05) is 6.61 Å². The first-order chi connectivity index (χ1) is 14.3. The number of nitrogens with one attached hydrogen (secondary N) is 1. The molecule has 2 aromatic rings. The van der Waals surface area contributed by atoms with E-state index in [4.69, 9.17) is 4.74 Å². The van der Waals surface area contributed by atoms with Gasteiger partial charge in [-0.1, -0.05) is 59.6 Å². The zero-order chi connectivity index (χ0) is 22.1. The molecule has 162 valence electrons. The van der Waals surface area contributed by atoms with Gasteiger partial charge in [0.05, 0.1) is 0 Å². The first kappa shape index (κ1) is 23.9. The number of amides is 2. The minimum absolute atomic E-state index is 0.0573. The third kappa shape index (κ3) is 7.17. The van der Waals surface area contributed by atoms with Gasteiger partial charge in [0.1, 0.15) is 11.8 Å². The molecule has 30 heavy (non-hydrogen) atoms. The number of rotatable bonds is 10. The molecule has 0 aromatic heterocycles. The van der Waals surface area contributed by atoms with Gasteiger partial charge in [0.15, 0.2) is 6.61 Å². The van der Waals surface area contributed by atoms with Crippen molar-refractivity contribution in [1.29, 1.82) is 0 Å². The van der Waals surface area contributed by atoms with Crippen LogP contribution in [0.15, 0.2) is 53.0 Å². The van der Waals surface area contributed by atoms with Crippen molar-refractivity contribution in [2.45, 2.75) is 59.2 Å². The van der Waals surface area contributed by atoms with Crippen LogP contribution in [0.5, 0.6) is 5.75 Å². The molecule has 2 amide bonds. The average Bonchev–Trinajstić information content (AvgIpc) is 2.74. The molecule has 0 saturated heterocycles. The maximum atomic E-state index is 13.1. The lowest BCUT2D eigenvalue weighted by molar-refractivity contribution is -0.143. The first-order valence-corrected chi connectivity index (χ1v) is 11.2. The molecule has 2 aromatic carbocycles. The Labute approximate surface area is 187 Å². The van der Waals surface area contributed by atoms with Crippen molar-refractivity contribution in [3.8, 4) is 5.75 Å². The second-order valence-corrected chi connectivity index (χ2v) is 8.41. The molecule has 2 rings (SSSR count). The fourth-order valence-electron chi connectivity index (χ4n) is 3.01. The Balaban J connectivity index is 2.19. The van der Waals surface area contributed by atoms with E-state index in [1.165, 1.54) is 0 Å². The van der Waals surface area contributed by atoms with Crippen LogP contribution in [0.3, 0.4) is 0 Å². The number of hydrogen-bond acceptors (Lipinski definition) is 3. The number of nitrogens with zero attached hydrogens (tertiary/aromatic N) is 1. The molecule has 5 nitrogen and oxygen atoms in total. The van der Waals surface area contributed by atoms with Gasteiger partial charge >= 0.3 is 0 Å². The zero-order valence-corrected chi connectivity index (χ0v) is 19.7. The summed E-state index contributed by atoms with van der Waals surface area (Å²) in [5, 5.41) is 3.01. The van der Waals surface area contributed by atoms with Crippen molar-refractivity contribution < 1.29 is 14.3 Å². The monoisotopic (exact) mass is 474 g/mol. The maximum absolute atomic E-state index is 13.1. The highest BCUT2D eigenvalue weighted by atomic mass is 79.9. The Morgan fingerprint density at radius 3 is 2.23 bits per heavy atom. The number of carbonyl (C=O) groups excluding carboxylic acids is 2. The highest BCUT2D eigenvalue weighted by molar-refractivity contribution is 9.10. The number of hydrogen-bond donors (Lipinski definition) is 1. The van der Waals surface area contributed by atoms with Gasteiger partial charge in [-0.05, 0) is 56.5 Å². The van der Waals surface area contributed by atoms with Gasteiger partial charge in [-0.25, -0.2) is 0 Å². The summed E-state index contributed by atoms with van der Waals surface area (Å²) in [6.07, 6.45) is 1.36. The number of aryl methyl sites for hydroxylation is 1. The number of ether oxygens (including phenoxy) is 1. The van der Waals surface area contributed by atoms with Crippen molar-refractivity contribution in [3.05, 3.63) is 64.1 Å². The standard InChI is InChI=1S/C24H31BrN2O3/c1-5-18(4)26-24(29)22(6-2)27(15-19-9-7-17(3)8-10-19)23(28)16-30-21-13-11-20(25)12-14-21/h7-14,18,22H,5-6,15-16H2,1-4H3,(H,26,29)/t18-,22+/m1/s1. The topological polar surface area (TPSA) is 58.6 Å². The zero-order valence-electron chi connectivity index (χ0n) is 18.2. The molecule has 0 bridgehead atoms. The minimum Gasteiger partial charge on any atom is -0.484 e. The lowest BCUT2D eigenvalue weighted by Crippen LogP contribution is -2.51. The highest BCUT2D eigenvalue weighted by Crippen LogP contribution is 2.18. The minimum atomic E-state index is -0.554. The molecule has 0 unspecified atom stereocenters. The van der Waals surface area contributed by atoms with E-state index in [9.17, 15) is 9.59 Å². The van der Waals surface area contributed by atoms with Crippen LogP contribution in [-0.2, 0) is 16.1 Å². The number of carbonyl (C=O) groups is 2. The summed E-state index contributed by atoms with van der Waals surface area (Å²) in [7, 11) is 0. The second-order valence-electron chi connectivity index (χ2n) is 7.49. The third-order valence-corrected chi connectivity index (χ3v) is 5.57. The molecule has 0 spiro atoms. The van der Waals surface area contributed by atoms with E-state index >= 15 is 0 Å². The van der Waals surface area contributed by atoms with E-state index in [1.807, 2.05) is 64.1 Å². The van der Waals surface area contributed by atoms with E-state index in [0.717, 1.165) is 22.0 Å². The fourth-order valence-corrected chi connectivity index (χ4v) is 3.27. The number of halogens is 1. The van der Waals surface area contributed by atoms with E-state index in [1.54, 1.807) is 17.0 Å². The summed E-state index contributed by atoms with van der Waals surface area (Å²) in [6, 6.07) is 14.8. The Hall–Kier alpha value is -2.34. The van der Waals surface area contributed by atoms with Crippen molar-refractivity contribution >= 4 is 27.7 Å². The molecule has 0 saturated carbocycles. The van der Waals surface area contributed by atoms with Crippen LogP contribution in [0, 0.1) is 6.92 Å². The lowest BCUT2D eigenvalue weighted by Gasteiger charge is -2.31. The van der Waals surface area contributed by atoms with Crippen LogP contribution in [0.2, 0.25) is 0 Å². The van der Waals surface area contributed by atoms with Crippen LogP contribution in [-0.4, -0.2) is 35.4 Å². The van der Waals surface area contributed by atoms with E-state index in [0.29, 0.717) is 18.7 Å². The predicted molar refractivity (Wildman–Crippen MR) is 123 cm³/mol. The molecule has 0 heterocycles. The van der Waals surface area contributed by atoms with Gasteiger partial charge in [0, 0.05) is 17.1 Å². The van der Waals surface area contributed by atoms with Gasteiger partial charge in [0.2, 0.25) is 5.91 Å². The first-order valence-electron chi connectivity index (χ1n) is 10.4. The smallest absolute Gasteiger partial charge is 0.261 e. The van der Waals surface area contributed by atoms with Gasteiger partial charge < -0.3 is 15.0 Å². The summed E-state index contributed by atoms with van der Waals surface area (Å²) in [6.45, 7) is 8.16. The highest BCUT2D eigenvalue weighted by Gasteiger charge is 2.29. The lowest BCUT2D eigenvalue weighted by atomic mass is 10.1. The van der Waals surface area contributed by atoms with E-state index < -0.39 is 6.04 Å². The van der Waals surface area contributed by atoms with Crippen LogP contribution in [0.25, 0.3) is 0 Å². The van der Waals surface area contributed by atoms with E-state index in [-0.39, 0.29) is 24.5 Å². The summed E-state index contributed by atoms with van der Waals surface area (Å²) >= 11 is 3.39. The summed E-state index contributed by atoms with van der Waals surface area (Å²) in [5.74, 6) is 0.263. The third-order valence-electron chi connectivity index (χ3n) is 5.04. The molecule has 6 heteroatoms. The molecule has 0 aliphatic heterocycles. The van der Waals surface area contributed by atoms with Gasteiger partial charge in [-0.3, -0.25) is 9.59 Å². The van der Waals surface area contributed by atoms with Crippen molar-refractivity contribution in [2.24, 2.45) is 0 Å². The average molecular weight is 475 g/mol. The fraction of sp³-hybridized carbons (Fsp3) is 0.417. The summed E-state index contributed by atoms with van der Waals surface area (Å²) in [4.78, 5) is 27.6. The molecule has 0 aliphatic rings. The Kier molecular flexibility index (Phi) is 9.37. The Bertz CT molecular complexity index is 821. The van der Waals surface area contributed by atoms with Crippen LogP contribution in [0.4, 0.5) is 0 Å². The van der Waals surface area contributed by atoms with Crippen LogP contribution in [0.1, 0.15) is 44.7 Å². The predicted octanol–water partition coefficient (Wildman–Crippen LogP) is 4.86. The Morgan fingerprint density at radius 1 is 1.03 bits per heavy atom. The molecule has 0 aliphatic carbocycles. The molecular formula is C24H31BrN2O3. The molecule has 0 radical (unpaired) electrons. The molecule has 2 atom stereocenters. The van der Waals surface area contributed by atoms with Gasteiger partial charge in [-0.2, -0.15) is 0 Å². The van der Waals surface area contributed by atoms with E-state index in [2.05, 4.69) is 21.2 Å². The van der Waals surface area contributed by atoms with Gasteiger partial charge in [-0.15, -0.1) is 0 Å². The molecule has 1 N–H and O–H groups in total. The molecular weight excluding hydrogens is 444 g/mol. The number of benzene rings is 2. The normalized spacial score (nSPS) is 12.7. The van der Waals surface area contributed by atoms with Crippen LogP contribution >= 0.6 is 15.9 Å². The summed E-state index contributed by atoms with van der Waals surface area (Å²) < 4.78 is 6.63. The van der Waals surface area contributed by atoms with Gasteiger partial charge in [0.25, 0.3) is 5.91 Å². The second kappa shape index (κ2) is 11.7. The van der Waals surface area contributed by atoms with Crippen molar-refractivity contribution in [1.82, 2.24) is 10.2 Å². The molecule has 0 fully saturated rings.